The van der Waals surface area contributed by atoms with E-state index in [2.05, 4.69) is 11.6 Å². The van der Waals surface area contributed by atoms with Gasteiger partial charge in [0.05, 0.1) is 0 Å². The number of oxazole rings is 1. The van der Waals surface area contributed by atoms with Crippen LogP contribution in [0.4, 0.5) is 0 Å². The number of benzene rings is 1. The molecule has 0 unspecified atom stereocenters. The van der Waals surface area contributed by atoms with E-state index in [4.69, 9.17) is 4.42 Å². The van der Waals surface area contributed by atoms with Crippen LogP contribution in [0.2, 0.25) is 0 Å². The number of rotatable bonds is 4. The highest BCUT2D eigenvalue weighted by Gasteiger charge is 2.04. The minimum atomic E-state index is 0.707. The minimum Gasteiger partial charge on any atom is -0.431 e. The van der Waals surface area contributed by atoms with Crippen LogP contribution in [0.1, 0.15) is 0 Å². The third-order valence-corrected chi connectivity index (χ3v) is 3.59. The van der Waals surface area contributed by atoms with E-state index < -0.39 is 0 Å². The minimum absolute atomic E-state index is 0.707. The van der Waals surface area contributed by atoms with E-state index in [1.165, 1.54) is 10.8 Å². The molecule has 0 amide bonds. The van der Waals surface area contributed by atoms with Crippen molar-refractivity contribution in [1.29, 1.82) is 0 Å². The molecule has 2 rings (SSSR count). The van der Waals surface area contributed by atoms with Gasteiger partial charge in [0.2, 0.25) is 0 Å². The van der Waals surface area contributed by atoms with E-state index in [1.807, 2.05) is 30.3 Å². The highest BCUT2D eigenvalue weighted by atomic mass is 33.1. The first-order chi connectivity index (χ1) is 6.90. The Kier molecular flexibility index (Phi) is 3.16. The van der Waals surface area contributed by atoms with Crippen LogP contribution < -0.4 is 0 Å². The maximum Gasteiger partial charge on any atom is 0.267 e. The lowest BCUT2D eigenvalue weighted by Gasteiger charge is -1.89. The molecule has 14 heavy (non-hydrogen) atoms. The molecule has 2 aromatic rings. The molecule has 0 aliphatic heterocycles. The Morgan fingerprint density at radius 1 is 1.43 bits per heavy atom. The van der Waals surface area contributed by atoms with Crippen LogP contribution in [0.25, 0.3) is 11.1 Å². The van der Waals surface area contributed by atoms with Gasteiger partial charge in [0.15, 0.2) is 5.58 Å². The van der Waals surface area contributed by atoms with Gasteiger partial charge in [-0.2, -0.15) is 0 Å². The van der Waals surface area contributed by atoms with Crippen molar-refractivity contribution in [2.75, 3.05) is 5.75 Å². The van der Waals surface area contributed by atoms with Crippen molar-refractivity contribution in [3.05, 3.63) is 36.9 Å². The van der Waals surface area contributed by atoms with Crippen LogP contribution in [0.15, 0.2) is 46.6 Å². The summed E-state index contributed by atoms with van der Waals surface area (Å²) in [6.07, 6.45) is 1.86. The summed E-state index contributed by atoms with van der Waals surface area (Å²) < 4.78 is 5.51. The van der Waals surface area contributed by atoms with E-state index in [9.17, 15) is 0 Å². The lowest BCUT2D eigenvalue weighted by molar-refractivity contribution is 0.491. The van der Waals surface area contributed by atoms with E-state index in [-0.39, 0.29) is 0 Å². The first-order valence-electron chi connectivity index (χ1n) is 4.16. The maximum absolute atomic E-state index is 5.51. The first-order valence-corrected chi connectivity index (χ1v) is 6.48. The van der Waals surface area contributed by atoms with E-state index in [1.54, 1.807) is 10.8 Å². The second-order valence-corrected chi connectivity index (χ2v) is 4.90. The average Bonchev–Trinajstić information content (AvgIpc) is 2.60. The summed E-state index contributed by atoms with van der Waals surface area (Å²) in [6, 6.07) is 7.76. The summed E-state index contributed by atoms with van der Waals surface area (Å²) in [5.74, 6) is 0.892. The fraction of sp³-hybridized carbons (Fsp3) is 0.100. The topological polar surface area (TPSA) is 26.0 Å². The monoisotopic (exact) mass is 223 g/mol. The smallest absolute Gasteiger partial charge is 0.267 e. The van der Waals surface area contributed by atoms with Crippen molar-refractivity contribution in [2.24, 2.45) is 0 Å². The zero-order valence-electron chi connectivity index (χ0n) is 7.47. The summed E-state index contributed by atoms with van der Waals surface area (Å²) in [4.78, 5) is 4.33. The Hall–Kier alpha value is -0.870. The summed E-state index contributed by atoms with van der Waals surface area (Å²) in [5.41, 5.74) is 1.75. The fourth-order valence-corrected chi connectivity index (χ4v) is 2.55. The van der Waals surface area contributed by atoms with E-state index in [0.29, 0.717) is 5.22 Å². The second kappa shape index (κ2) is 4.57. The lowest BCUT2D eigenvalue weighted by Crippen LogP contribution is -1.67. The van der Waals surface area contributed by atoms with Crippen LogP contribution in [-0.4, -0.2) is 10.7 Å². The zero-order chi connectivity index (χ0) is 9.80. The highest BCUT2D eigenvalue weighted by Crippen LogP contribution is 2.32. The molecule has 0 radical (unpaired) electrons. The molecule has 72 valence electrons. The Balaban J connectivity index is 2.14. The predicted molar refractivity (Wildman–Crippen MR) is 62.5 cm³/mol. The van der Waals surface area contributed by atoms with E-state index in [0.717, 1.165) is 16.9 Å². The number of para-hydroxylation sites is 2. The van der Waals surface area contributed by atoms with Crippen molar-refractivity contribution < 1.29 is 4.42 Å². The summed E-state index contributed by atoms with van der Waals surface area (Å²) in [6.45, 7) is 3.65. The van der Waals surface area contributed by atoms with Crippen molar-refractivity contribution >= 4 is 32.7 Å². The molecule has 0 bridgehead atoms. The second-order valence-electron chi connectivity index (χ2n) is 2.60. The molecule has 4 heteroatoms. The predicted octanol–water partition coefficient (Wildman–Crippen LogP) is 3.75. The van der Waals surface area contributed by atoms with Crippen LogP contribution in [0.3, 0.4) is 0 Å². The Bertz CT molecular complexity index is 405. The Labute approximate surface area is 90.2 Å². The summed E-state index contributed by atoms with van der Waals surface area (Å²) >= 11 is 0. The molecule has 0 saturated heterocycles. The number of aromatic nitrogens is 1. The van der Waals surface area contributed by atoms with Crippen molar-refractivity contribution in [1.82, 2.24) is 4.98 Å². The third-order valence-electron chi connectivity index (χ3n) is 1.59. The molecule has 0 atom stereocenters. The molecule has 2 nitrogen and oxygen atoms in total. The number of nitrogens with zero attached hydrogens (tertiary/aromatic N) is 1. The first kappa shape index (κ1) is 9.68. The summed E-state index contributed by atoms with van der Waals surface area (Å²) in [7, 11) is 3.20. The van der Waals surface area contributed by atoms with E-state index >= 15 is 0 Å². The molecular formula is C10H9NOS2. The largest absolute Gasteiger partial charge is 0.431 e. The van der Waals surface area contributed by atoms with Crippen molar-refractivity contribution in [3.8, 4) is 0 Å². The SMILES string of the molecule is C=CCSSc1nc2ccccc2o1. The van der Waals surface area contributed by atoms with Gasteiger partial charge in [0.1, 0.15) is 5.52 Å². The van der Waals surface area contributed by atoms with Crippen LogP contribution >= 0.6 is 21.6 Å². The van der Waals surface area contributed by atoms with Gasteiger partial charge in [-0.25, -0.2) is 4.98 Å². The molecule has 1 aromatic carbocycles. The lowest BCUT2D eigenvalue weighted by atomic mass is 10.3. The van der Waals surface area contributed by atoms with Gasteiger partial charge in [-0.15, -0.1) is 6.58 Å². The van der Waals surface area contributed by atoms with Gasteiger partial charge in [-0.1, -0.05) is 29.0 Å². The quantitative estimate of drug-likeness (QED) is 0.448. The molecule has 0 aliphatic carbocycles. The molecule has 0 saturated carbocycles. The molecule has 0 aliphatic rings. The molecule has 0 fully saturated rings. The molecule has 0 spiro atoms. The van der Waals surface area contributed by atoms with Gasteiger partial charge in [-0.05, 0) is 12.1 Å². The molecule has 1 heterocycles. The number of hydrogen-bond acceptors (Lipinski definition) is 4. The van der Waals surface area contributed by atoms with Gasteiger partial charge >= 0.3 is 0 Å². The normalized spacial score (nSPS) is 10.6. The van der Waals surface area contributed by atoms with Gasteiger partial charge < -0.3 is 4.42 Å². The van der Waals surface area contributed by atoms with Crippen LogP contribution in [0.5, 0.6) is 0 Å². The van der Waals surface area contributed by atoms with Gasteiger partial charge in [0, 0.05) is 16.5 Å². The summed E-state index contributed by atoms with van der Waals surface area (Å²) in [5, 5.41) is 0.707. The number of hydrogen-bond donors (Lipinski definition) is 0. The van der Waals surface area contributed by atoms with Gasteiger partial charge in [-0.3, -0.25) is 0 Å². The Morgan fingerprint density at radius 3 is 3.07 bits per heavy atom. The van der Waals surface area contributed by atoms with Crippen LogP contribution in [0, 0.1) is 0 Å². The van der Waals surface area contributed by atoms with Crippen molar-refractivity contribution in [3.63, 3.8) is 0 Å². The fourth-order valence-electron chi connectivity index (χ4n) is 1.02. The highest BCUT2D eigenvalue weighted by molar-refractivity contribution is 8.76. The molecule has 1 aromatic heterocycles. The molecule has 0 N–H and O–H groups in total. The van der Waals surface area contributed by atoms with Crippen LogP contribution in [-0.2, 0) is 0 Å². The molecular weight excluding hydrogens is 214 g/mol. The Morgan fingerprint density at radius 2 is 2.29 bits per heavy atom. The standard InChI is InChI=1S/C10H9NOS2/c1-2-7-13-14-10-11-8-5-3-4-6-9(8)12-10/h2-6H,1,7H2. The zero-order valence-corrected chi connectivity index (χ0v) is 9.11. The average molecular weight is 223 g/mol. The van der Waals surface area contributed by atoms with Crippen molar-refractivity contribution in [2.45, 2.75) is 5.22 Å². The maximum atomic E-state index is 5.51. The number of fused-ring (bicyclic) bond motifs is 1. The third kappa shape index (κ3) is 2.13. The van der Waals surface area contributed by atoms with Gasteiger partial charge in [0.25, 0.3) is 5.22 Å².